The standard InChI is InChI=1S/C44H69N5O6S2/c1-13-29(6)40(48(10)44(53)33(27(2)3)25-36(51)39(28(4)5)47(9)31(8)50)37(54-11)26-38(52)49-22-17-20-35(49)41(55-12)30(7)42(56)46-34(43-45-21-23-57-43)24-32-18-15-14-16-19-32/h14-16,18-19,21,23,27-30,33-35,37,39-41H,13,17,20,22,24-26H2,1-12H3,(H,46,56)/t29-,30+,33-,34-,35-,37+,39-,40-,41+/m0/s1. The van der Waals surface area contributed by atoms with Gasteiger partial charge in [-0.1, -0.05) is 97.4 Å². The number of likely N-dealkylation sites (N-methyl/N-ethyl adjacent to an activating group) is 2. The van der Waals surface area contributed by atoms with Crippen molar-refractivity contribution in [2.75, 3.05) is 34.9 Å². The maximum absolute atomic E-state index is 14.4. The highest BCUT2D eigenvalue weighted by Gasteiger charge is 2.43. The van der Waals surface area contributed by atoms with E-state index in [0.29, 0.717) is 11.5 Å². The summed E-state index contributed by atoms with van der Waals surface area (Å²) in [6.45, 7) is 16.0. The summed E-state index contributed by atoms with van der Waals surface area (Å²) in [4.78, 5) is 65.2. The number of aromatic nitrogens is 1. The van der Waals surface area contributed by atoms with Crippen molar-refractivity contribution in [3.8, 4) is 0 Å². The lowest BCUT2D eigenvalue weighted by atomic mass is 9.83. The largest absolute Gasteiger partial charge is 0.379 e. The number of nitrogens with one attached hydrogen (secondary N) is 1. The Morgan fingerprint density at radius 2 is 1.65 bits per heavy atom. The molecule has 1 fully saturated rings. The van der Waals surface area contributed by atoms with Crippen LogP contribution in [0.3, 0.4) is 0 Å². The Balaban J connectivity index is 1.80. The first-order valence-corrected chi connectivity index (χ1v) is 21.9. The predicted octanol–water partition coefficient (Wildman–Crippen LogP) is 7.00. The first kappa shape index (κ1) is 48.1. The van der Waals surface area contributed by atoms with Gasteiger partial charge in [0.2, 0.25) is 17.7 Å². The van der Waals surface area contributed by atoms with Gasteiger partial charge in [-0.15, -0.1) is 11.3 Å². The summed E-state index contributed by atoms with van der Waals surface area (Å²) in [6.07, 6.45) is 4.08. The first-order chi connectivity index (χ1) is 27.0. The fraction of sp³-hybridized carbons (Fsp3) is 0.682. The van der Waals surface area contributed by atoms with Gasteiger partial charge in [-0.2, -0.15) is 0 Å². The van der Waals surface area contributed by atoms with Crippen molar-refractivity contribution < 1.29 is 28.7 Å². The number of thiazole rings is 1. The van der Waals surface area contributed by atoms with Crippen LogP contribution in [-0.4, -0.2) is 113 Å². The third-order valence-electron chi connectivity index (χ3n) is 12.0. The lowest BCUT2D eigenvalue weighted by molar-refractivity contribution is -0.149. The highest BCUT2D eigenvalue weighted by Crippen LogP contribution is 2.32. The van der Waals surface area contributed by atoms with Crippen molar-refractivity contribution in [2.45, 2.75) is 130 Å². The van der Waals surface area contributed by atoms with Crippen LogP contribution in [0.4, 0.5) is 0 Å². The van der Waals surface area contributed by atoms with E-state index in [1.165, 1.54) is 17.4 Å². The van der Waals surface area contributed by atoms with Gasteiger partial charge in [0, 0.05) is 71.6 Å². The molecule has 11 nitrogen and oxygen atoms in total. The van der Waals surface area contributed by atoms with Gasteiger partial charge in [0.05, 0.1) is 47.8 Å². The third kappa shape index (κ3) is 12.6. The maximum atomic E-state index is 14.4. The fourth-order valence-electron chi connectivity index (χ4n) is 8.50. The van der Waals surface area contributed by atoms with Crippen LogP contribution >= 0.6 is 23.6 Å². The van der Waals surface area contributed by atoms with Crippen LogP contribution in [0.1, 0.15) is 104 Å². The molecule has 1 aliphatic rings. The number of hydrogen-bond donors (Lipinski definition) is 1. The number of ether oxygens (including phenoxy) is 2. The number of benzene rings is 1. The molecule has 1 aliphatic heterocycles. The summed E-state index contributed by atoms with van der Waals surface area (Å²) in [5, 5.41) is 6.52. The highest BCUT2D eigenvalue weighted by atomic mass is 32.1. The Morgan fingerprint density at radius 1 is 0.982 bits per heavy atom. The molecule has 0 spiro atoms. The zero-order valence-electron chi connectivity index (χ0n) is 36.4. The Morgan fingerprint density at radius 3 is 2.18 bits per heavy atom. The Labute approximate surface area is 351 Å². The molecule has 57 heavy (non-hydrogen) atoms. The molecular weight excluding hydrogens is 759 g/mol. The predicted molar refractivity (Wildman–Crippen MR) is 232 cm³/mol. The number of nitrogens with zero attached hydrogens (tertiary/aromatic N) is 4. The molecule has 318 valence electrons. The van der Waals surface area contributed by atoms with Gasteiger partial charge in [-0.05, 0) is 42.6 Å². The summed E-state index contributed by atoms with van der Waals surface area (Å²) in [5.41, 5.74) is 1.18. The number of Topliss-reactive ketones (excluding diaryl/α,β-unsaturated/α-hetero) is 1. The van der Waals surface area contributed by atoms with Crippen molar-refractivity contribution in [3.63, 3.8) is 0 Å². The number of carbonyl (C=O) groups excluding carboxylic acids is 4. The van der Waals surface area contributed by atoms with Gasteiger partial charge in [-0.3, -0.25) is 19.2 Å². The molecule has 0 unspecified atom stereocenters. The van der Waals surface area contributed by atoms with Gasteiger partial charge in [0.25, 0.3) is 0 Å². The average Bonchev–Trinajstić information content (AvgIpc) is 3.90. The number of amides is 3. The molecule has 0 bridgehead atoms. The number of methoxy groups -OCH3 is 2. The monoisotopic (exact) mass is 827 g/mol. The van der Waals surface area contributed by atoms with E-state index in [1.807, 2.05) is 62.4 Å². The van der Waals surface area contributed by atoms with Crippen LogP contribution in [0.2, 0.25) is 0 Å². The maximum Gasteiger partial charge on any atom is 0.226 e. The molecule has 1 N–H and O–H groups in total. The van der Waals surface area contributed by atoms with Crippen LogP contribution in [0.15, 0.2) is 41.9 Å². The zero-order valence-corrected chi connectivity index (χ0v) is 38.0. The number of carbonyl (C=O) groups is 4. The van der Waals surface area contributed by atoms with Crippen LogP contribution < -0.4 is 5.32 Å². The molecule has 2 aromatic rings. The second-order valence-corrected chi connectivity index (χ2v) is 17.9. The molecule has 13 heteroatoms. The van der Waals surface area contributed by atoms with E-state index in [4.69, 9.17) is 21.7 Å². The molecule has 3 amide bonds. The van der Waals surface area contributed by atoms with E-state index in [0.717, 1.165) is 30.7 Å². The summed E-state index contributed by atoms with van der Waals surface area (Å²) in [5.74, 6) is -1.58. The van der Waals surface area contributed by atoms with Crippen LogP contribution in [-0.2, 0) is 35.1 Å². The molecule has 1 aromatic heterocycles. The second kappa shape index (κ2) is 22.8. The van der Waals surface area contributed by atoms with Gasteiger partial charge in [-0.25, -0.2) is 4.98 Å². The van der Waals surface area contributed by atoms with E-state index >= 15 is 0 Å². The summed E-state index contributed by atoms with van der Waals surface area (Å²) < 4.78 is 12.3. The molecule has 3 rings (SSSR count). The van der Waals surface area contributed by atoms with E-state index in [1.54, 1.807) is 44.6 Å². The summed E-state index contributed by atoms with van der Waals surface area (Å²) in [7, 11) is 6.69. The van der Waals surface area contributed by atoms with Crippen LogP contribution in [0, 0.1) is 29.6 Å². The minimum Gasteiger partial charge on any atom is -0.379 e. The number of hydrogen-bond acceptors (Lipinski definition) is 9. The zero-order chi connectivity index (χ0) is 42.6. The van der Waals surface area contributed by atoms with Crippen molar-refractivity contribution in [1.82, 2.24) is 25.0 Å². The molecule has 0 saturated carbocycles. The van der Waals surface area contributed by atoms with Crippen molar-refractivity contribution in [3.05, 3.63) is 52.5 Å². The van der Waals surface area contributed by atoms with Gasteiger partial charge in [0.1, 0.15) is 5.01 Å². The van der Waals surface area contributed by atoms with Gasteiger partial charge < -0.3 is 29.5 Å². The number of thiocarbonyl (C=S) groups is 1. The van der Waals surface area contributed by atoms with E-state index in [9.17, 15) is 19.2 Å². The Kier molecular flexibility index (Phi) is 19.2. The van der Waals surface area contributed by atoms with Gasteiger partial charge >= 0.3 is 0 Å². The fourth-order valence-corrected chi connectivity index (χ4v) is 9.47. The molecule has 2 heterocycles. The third-order valence-corrected chi connectivity index (χ3v) is 13.4. The first-order valence-electron chi connectivity index (χ1n) is 20.6. The topological polar surface area (TPSA) is 121 Å². The Bertz CT molecular complexity index is 1590. The van der Waals surface area contributed by atoms with Crippen LogP contribution in [0.5, 0.6) is 0 Å². The number of rotatable bonds is 22. The van der Waals surface area contributed by atoms with E-state index in [-0.39, 0.29) is 78.2 Å². The molecule has 1 aromatic carbocycles. The van der Waals surface area contributed by atoms with Crippen molar-refractivity contribution in [2.24, 2.45) is 29.6 Å². The van der Waals surface area contributed by atoms with Crippen molar-refractivity contribution in [1.29, 1.82) is 0 Å². The quantitative estimate of drug-likeness (QED) is 0.125. The Hall–Kier alpha value is -3.26. The minimum absolute atomic E-state index is 0.00120. The SMILES string of the molecule is CC[C@H](C)[C@@H]([C@@H](CC(=O)N1CCC[C@H]1[C@H](OC)[C@@H](C)C(=S)N[C@@H](Cc1ccccc1)c1nccs1)OC)N(C)C(=O)[C@@H](CC(=O)[C@H](C(C)C)N(C)C(C)=O)C(C)C. The lowest BCUT2D eigenvalue weighted by Crippen LogP contribution is -2.54. The molecular formula is C44H69N5O6S2. The van der Waals surface area contributed by atoms with E-state index < -0.39 is 24.1 Å². The summed E-state index contributed by atoms with van der Waals surface area (Å²) >= 11 is 7.64. The smallest absolute Gasteiger partial charge is 0.226 e. The summed E-state index contributed by atoms with van der Waals surface area (Å²) in [6, 6.07) is 8.93. The van der Waals surface area contributed by atoms with E-state index in [2.05, 4.69) is 43.2 Å². The van der Waals surface area contributed by atoms with Crippen LogP contribution in [0.25, 0.3) is 0 Å². The van der Waals surface area contributed by atoms with Gasteiger partial charge in [0.15, 0.2) is 5.78 Å². The normalized spacial score (nSPS) is 18.6. The number of ketones is 1. The second-order valence-electron chi connectivity index (χ2n) is 16.6. The minimum atomic E-state index is -0.623. The van der Waals surface area contributed by atoms with Crippen molar-refractivity contribution >= 4 is 52.0 Å². The molecule has 0 radical (unpaired) electrons. The molecule has 9 atom stereocenters. The molecule has 1 saturated heterocycles. The highest BCUT2D eigenvalue weighted by molar-refractivity contribution is 7.80. The number of likely N-dealkylation sites (tertiary alicyclic amines) is 1. The average molecular weight is 828 g/mol. The molecule has 0 aliphatic carbocycles. The lowest BCUT2D eigenvalue weighted by Gasteiger charge is -2.41.